The van der Waals surface area contributed by atoms with Gasteiger partial charge in [-0.3, -0.25) is 0 Å². The number of benzene rings is 11. The second-order valence-corrected chi connectivity index (χ2v) is 19.9. The van der Waals surface area contributed by atoms with Gasteiger partial charge in [0, 0.05) is 66.3 Å². The van der Waals surface area contributed by atoms with E-state index in [0.717, 1.165) is 89.1 Å². The van der Waals surface area contributed by atoms with Gasteiger partial charge in [-0.05, 0) is 82.9 Å². The third-order valence-electron chi connectivity index (χ3n) is 15.0. The highest BCUT2D eigenvalue weighted by molar-refractivity contribution is 6.29. The van der Waals surface area contributed by atoms with E-state index < -0.39 is 0 Å². The van der Waals surface area contributed by atoms with Crippen LogP contribution in [0.3, 0.4) is 0 Å². The lowest BCUT2D eigenvalue weighted by Gasteiger charge is -2.12. The first-order valence-electron chi connectivity index (χ1n) is 26.8. The monoisotopic (exact) mass is 1020 g/mol. The van der Waals surface area contributed by atoms with Gasteiger partial charge in [-0.2, -0.15) is 0 Å². The van der Waals surface area contributed by atoms with Gasteiger partial charge in [0.1, 0.15) is 0 Å². The first-order valence-corrected chi connectivity index (χ1v) is 26.8. The van der Waals surface area contributed by atoms with E-state index in [9.17, 15) is 0 Å². The summed E-state index contributed by atoms with van der Waals surface area (Å²) in [6, 6.07) is 97.3. The molecule has 0 bridgehead atoms. The summed E-state index contributed by atoms with van der Waals surface area (Å²) in [7, 11) is 0. The van der Waals surface area contributed by atoms with E-state index in [1.165, 1.54) is 21.5 Å². The number of fused-ring (bicyclic) bond motifs is 7. The molecule has 15 rings (SSSR count). The normalized spacial score (nSPS) is 11.5. The standard InChI is InChI=1S/C72H46N8/c1-5-19-49(20-6-1)67-73-68(50-21-7-2-8-22-50)76-71(75-67)55-29-17-27-53(45-55)47-35-39-57(40-36-47)79-61-33-15-13-31-59(61)65-63(79)43-44-64-66(65)60-32-14-16-34-62(60)80(64)58-41-37-48(38-42-58)54-28-18-30-56(46-54)72-77-69(51-23-9-3-10-24-51)74-70(78-72)52-25-11-4-12-26-52/h1-46H. The molecule has 80 heavy (non-hydrogen) atoms. The van der Waals surface area contributed by atoms with Gasteiger partial charge in [0.2, 0.25) is 0 Å². The molecule has 15 aromatic rings. The van der Waals surface area contributed by atoms with Crippen LogP contribution in [-0.2, 0) is 0 Å². The predicted molar refractivity (Wildman–Crippen MR) is 325 cm³/mol. The summed E-state index contributed by atoms with van der Waals surface area (Å²) in [5, 5.41) is 4.86. The van der Waals surface area contributed by atoms with Gasteiger partial charge in [0.05, 0.1) is 22.1 Å². The van der Waals surface area contributed by atoms with Crippen LogP contribution in [0.4, 0.5) is 0 Å². The van der Waals surface area contributed by atoms with Crippen molar-refractivity contribution in [3.8, 4) is 102 Å². The fraction of sp³-hybridized carbons (Fsp3) is 0. The molecule has 0 fully saturated rings. The van der Waals surface area contributed by atoms with E-state index in [4.69, 9.17) is 29.9 Å². The van der Waals surface area contributed by atoms with Crippen LogP contribution in [0.5, 0.6) is 0 Å². The molecule has 0 radical (unpaired) electrons. The van der Waals surface area contributed by atoms with Crippen molar-refractivity contribution in [2.75, 3.05) is 0 Å². The number of nitrogens with zero attached hydrogens (tertiary/aromatic N) is 8. The van der Waals surface area contributed by atoms with Gasteiger partial charge in [-0.15, -0.1) is 0 Å². The quantitative estimate of drug-likeness (QED) is 0.136. The number of aromatic nitrogens is 8. The van der Waals surface area contributed by atoms with E-state index in [-0.39, 0.29) is 0 Å². The topological polar surface area (TPSA) is 87.2 Å². The molecular weight excluding hydrogens is 977 g/mol. The summed E-state index contributed by atoms with van der Waals surface area (Å²) in [5.74, 6) is 3.81. The lowest BCUT2D eigenvalue weighted by molar-refractivity contribution is 1.07. The second-order valence-electron chi connectivity index (χ2n) is 19.9. The minimum Gasteiger partial charge on any atom is -0.309 e. The molecule has 0 saturated carbocycles. The molecular formula is C72H46N8. The summed E-state index contributed by atoms with van der Waals surface area (Å²) in [4.78, 5) is 29.9. The van der Waals surface area contributed by atoms with Crippen molar-refractivity contribution < 1.29 is 0 Å². The van der Waals surface area contributed by atoms with Crippen LogP contribution in [0, 0.1) is 0 Å². The van der Waals surface area contributed by atoms with Gasteiger partial charge < -0.3 is 9.13 Å². The van der Waals surface area contributed by atoms with E-state index in [1.807, 2.05) is 121 Å². The van der Waals surface area contributed by atoms with Gasteiger partial charge in [-0.25, -0.2) is 29.9 Å². The van der Waals surface area contributed by atoms with Crippen LogP contribution in [0.15, 0.2) is 279 Å². The fourth-order valence-corrected chi connectivity index (χ4v) is 11.2. The molecule has 0 aliphatic carbocycles. The van der Waals surface area contributed by atoms with Crippen LogP contribution in [-0.4, -0.2) is 39.0 Å². The Balaban J connectivity index is 0.780. The molecule has 0 aliphatic rings. The SMILES string of the molecule is c1ccc(-c2nc(-c3ccccc3)nc(-c3cccc(-c4ccc(-n5c6ccccc6c6c7c8ccccc8n(-c8ccc(-c9cccc(-c%10nc(-c%11ccccc%11)nc(-c%11ccccc%11)n%10)c9)cc8)c7ccc65)cc4)c3)n2)cc1. The summed E-state index contributed by atoms with van der Waals surface area (Å²) < 4.78 is 4.81. The maximum absolute atomic E-state index is 5.01. The average Bonchev–Trinajstić information content (AvgIpc) is 4.24. The molecule has 0 atom stereocenters. The zero-order chi connectivity index (χ0) is 52.9. The highest BCUT2D eigenvalue weighted by Gasteiger charge is 2.22. The minimum atomic E-state index is 0.626. The van der Waals surface area contributed by atoms with Crippen molar-refractivity contribution in [3.05, 3.63) is 279 Å². The molecule has 4 aromatic heterocycles. The number of hydrogen-bond donors (Lipinski definition) is 0. The average molecular weight is 1020 g/mol. The Morgan fingerprint density at radius 2 is 0.463 bits per heavy atom. The maximum Gasteiger partial charge on any atom is 0.164 e. The molecule has 0 amide bonds. The Labute approximate surface area is 461 Å². The van der Waals surface area contributed by atoms with E-state index in [0.29, 0.717) is 34.9 Å². The Bertz CT molecular complexity index is 4360. The molecule has 11 aromatic carbocycles. The lowest BCUT2D eigenvalue weighted by atomic mass is 10.0. The largest absolute Gasteiger partial charge is 0.309 e. The molecule has 0 saturated heterocycles. The Hall–Kier alpha value is -11.0. The number of para-hydroxylation sites is 2. The Morgan fingerprint density at radius 3 is 0.800 bits per heavy atom. The maximum atomic E-state index is 5.01. The van der Waals surface area contributed by atoms with E-state index in [2.05, 4.69) is 167 Å². The minimum absolute atomic E-state index is 0.626. The van der Waals surface area contributed by atoms with Crippen LogP contribution < -0.4 is 0 Å². The predicted octanol–water partition coefficient (Wildman–Crippen LogP) is 17.6. The summed E-state index contributed by atoms with van der Waals surface area (Å²) >= 11 is 0. The molecule has 374 valence electrons. The van der Waals surface area contributed by atoms with Gasteiger partial charge in [0.15, 0.2) is 34.9 Å². The number of rotatable bonds is 10. The van der Waals surface area contributed by atoms with Crippen LogP contribution in [0.1, 0.15) is 0 Å². The zero-order valence-corrected chi connectivity index (χ0v) is 43.1. The zero-order valence-electron chi connectivity index (χ0n) is 43.1. The Kier molecular flexibility index (Phi) is 11.3. The van der Waals surface area contributed by atoms with Gasteiger partial charge in [-0.1, -0.05) is 218 Å². The molecule has 8 heteroatoms. The molecule has 4 heterocycles. The smallest absolute Gasteiger partial charge is 0.164 e. The molecule has 0 aliphatic heterocycles. The highest BCUT2D eigenvalue weighted by Crippen LogP contribution is 2.43. The fourth-order valence-electron chi connectivity index (χ4n) is 11.2. The third-order valence-corrected chi connectivity index (χ3v) is 15.0. The second kappa shape index (κ2) is 19.6. The van der Waals surface area contributed by atoms with Crippen LogP contribution in [0.25, 0.3) is 146 Å². The number of hydrogen-bond acceptors (Lipinski definition) is 6. The first kappa shape index (κ1) is 46.4. The van der Waals surface area contributed by atoms with Gasteiger partial charge >= 0.3 is 0 Å². The Morgan fingerprint density at radius 1 is 0.188 bits per heavy atom. The van der Waals surface area contributed by atoms with Crippen molar-refractivity contribution in [3.63, 3.8) is 0 Å². The van der Waals surface area contributed by atoms with Crippen molar-refractivity contribution in [2.45, 2.75) is 0 Å². The van der Waals surface area contributed by atoms with E-state index >= 15 is 0 Å². The van der Waals surface area contributed by atoms with Gasteiger partial charge in [0.25, 0.3) is 0 Å². The first-order chi connectivity index (χ1) is 39.6. The lowest BCUT2D eigenvalue weighted by Crippen LogP contribution is -2.00. The summed E-state index contributed by atoms with van der Waals surface area (Å²) in [5.41, 5.74) is 16.7. The molecule has 0 N–H and O–H groups in total. The molecule has 0 spiro atoms. The van der Waals surface area contributed by atoms with Crippen molar-refractivity contribution in [2.24, 2.45) is 0 Å². The summed E-state index contributed by atoms with van der Waals surface area (Å²) in [6.07, 6.45) is 0. The molecule has 8 nitrogen and oxygen atoms in total. The molecule has 0 unspecified atom stereocenters. The third kappa shape index (κ3) is 8.27. The van der Waals surface area contributed by atoms with Crippen molar-refractivity contribution >= 4 is 43.6 Å². The summed E-state index contributed by atoms with van der Waals surface area (Å²) in [6.45, 7) is 0. The van der Waals surface area contributed by atoms with Crippen molar-refractivity contribution in [1.29, 1.82) is 0 Å². The highest BCUT2D eigenvalue weighted by atomic mass is 15.0. The van der Waals surface area contributed by atoms with Crippen LogP contribution in [0.2, 0.25) is 0 Å². The van der Waals surface area contributed by atoms with Crippen molar-refractivity contribution in [1.82, 2.24) is 39.0 Å². The van der Waals surface area contributed by atoms with E-state index in [1.54, 1.807) is 0 Å². The van der Waals surface area contributed by atoms with Crippen LogP contribution >= 0.6 is 0 Å².